The molecule has 0 aromatic heterocycles. The van der Waals surface area contributed by atoms with Gasteiger partial charge in [0.25, 0.3) is 0 Å². The first-order valence-electron chi connectivity index (χ1n) is 11.6. The highest BCUT2D eigenvalue weighted by molar-refractivity contribution is 7.89. The Bertz CT molecular complexity index is 1100. The van der Waals surface area contributed by atoms with Gasteiger partial charge in [0.2, 0.25) is 15.9 Å². The van der Waals surface area contributed by atoms with Crippen molar-refractivity contribution in [3.63, 3.8) is 0 Å². The molecule has 0 N–H and O–H groups in total. The van der Waals surface area contributed by atoms with E-state index in [0.717, 1.165) is 37.3 Å². The van der Waals surface area contributed by atoms with Crippen LogP contribution >= 0.6 is 0 Å². The predicted octanol–water partition coefficient (Wildman–Crippen LogP) is 2.27. The second kappa shape index (κ2) is 9.83. The lowest BCUT2D eigenvalue weighted by molar-refractivity contribution is -0.133. The van der Waals surface area contributed by atoms with Crippen LogP contribution in [-0.4, -0.2) is 87.3 Å². The maximum absolute atomic E-state index is 13.1. The molecule has 2 saturated heterocycles. The number of amides is 1. The first kappa shape index (κ1) is 23.7. The zero-order valence-corrected chi connectivity index (χ0v) is 20.6. The van der Waals surface area contributed by atoms with Crippen molar-refractivity contribution >= 4 is 21.6 Å². The van der Waals surface area contributed by atoms with E-state index in [2.05, 4.69) is 41.0 Å². The molecule has 2 aromatic rings. The number of carbonyl (C=O) groups is 1. The smallest absolute Gasteiger partial charge is 0.243 e. The molecule has 0 unspecified atom stereocenters. The number of aryl methyl sites for hydroxylation is 3. The van der Waals surface area contributed by atoms with Crippen molar-refractivity contribution in [2.24, 2.45) is 0 Å². The normalized spacial score (nSPS) is 18.5. The van der Waals surface area contributed by atoms with Crippen molar-refractivity contribution in [3.8, 4) is 0 Å². The summed E-state index contributed by atoms with van der Waals surface area (Å²) in [7, 11) is -3.54. The van der Waals surface area contributed by atoms with E-state index in [4.69, 9.17) is 0 Å². The maximum Gasteiger partial charge on any atom is 0.243 e. The number of hydrogen-bond acceptors (Lipinski definition) is 5. The van der Waals surface area contributed by atoms with Crippen LogP contribution in [0.4, 0.5) is 5.69 Å². The summed E-state index contributed by atoms with van der Waals surface area (Å²) in [4.78, 5) is 19.6. The Morgan fingerprint density at radius 2 is 1.48 bits per heavy atom. The van der Waals surface area contributed by atoms with Crippen LogP contribution in [0.5, 0.6) is 0 Å². The van der Waals surface area contributed by atoms with E-state index in [-0.39, 0.29) is 5.91 Å². The summed E-state index contributed by atoms with van der Waals surface area (Å²) in [5.41, 5.74) is 4.35. The molecule has 2 aliphatic heterocycles. The molecule has 1 amide bonds. The van der Waals surface area contributed by atoms with Crippen molar-refractivity contribution in [1.29, 1.82) is 0 Å². The van der Waals surface area contributed by atoms with Crippen molar-refractivity contribution in [1.82, 2.24) is 14.1 Å². The van der Waals surface area contributed by atoms with Crippen molar-refractivity contribution in [2.75, 3.05) is 63.8 Å². The predicted molar refractivity (Wildman–Crippen MR) is 131 cm³/mol. The highest BCUT2D eigenvalue weighted by Crippen LogP contribution is 2.23. The summed E-state index contributed by atoms with van der Waals surface area (Å²) in [5.74, 6) is 0.0860. The van der Waals surface area contributed by atoms with Crippen LogP contribution in [0.2, 0.25) is 0 Å². The van der Waals surface area contributed by atoms with E-state index >= 15 is 0 Å². The first-order chi connectivity index (χ1) is 15.8. The van der Waals surface area contributed by atoms with Gasteiger partial charge in [-0.05, 0) is 44.0 Å². The largest absolute Gasteiger partial charge is 0.369 e. The highest BCUT2D eigenvalue weighted by atomic mass is 32.2. The molecular formula is C25H34N4O3S. The van der Waals surface area contributed by atoms with Crippen molar-refractivity contribution in [2.45, 2.75) is 25.7 Å². The van der Waals surface area contributed by atoms with Gasteiger partial charge in [0.15, 0.2) is 0 Å². The standard InChI is InChI=1S/C25H34N4O3S/c1-20-8-9-24(22(3)18-20)33(31,32)29-16-14-28(15-17-29)25(30)19-26-10-12-27(13-11-26)23-7-5-4-6-21(23)2/h4-9,18H,10-17,19H2,1-3H3. The Morgan fingerprint density at radius 3 is 2.12 bits per heavy atom. The van der Waals surface area contributed by atoms with E-state index in [1.165, 1.54) is 15.6 Å². The molecular weight excluding hydrogens is 436 g/mol. The molecule has 2 aliphatic rings. The monoisotopic (exact) mass is 470 g/mol. The SMILES string of the molecule is Cc1ccc(S(=O)(=O)N2CCN(C(=O)CN3CCN(c4ccccc4C)CC3)CC2)c(C)c1. The van der Waals surface area contributed by atoms with Crippen molar-refractivity contribution < 1.29 is 13.2 Å². The lowest BCUT2D eigenvalue weighted by atomic mass is 10.1. The first-order valence-corrected chi connectivity index (χ1v) is 13.1. The van der Waals surface area contributed by atoms with Crippen LogP contribution in [0.1, 0.15) is 16.7 Å². The fourth-order valence-electron chi connectivity index (χ4n) is 4.76. The van der Waals surface area contributed by atoms with E-state index in [1.54, 1.807) is 6.07 Å². The van der Waals surface area contributed by atoms with E-state index < -0.39 is 10.0 Å². The molecule has 8 heteroatoms. The van der Waals surface area contributed by atoms with E-state index in [1.807, 2.05) is 30.9 Å². The van der Waals surface area contributed by atoms with Crippen LogP contribution in [-0.2, 0) is 14.8 Å². The zero-order valence-electron chi connectivity index (χ0n) is 19.8. The topological polar surface area (TPSA) is 64.2 Å². The number of anilines is 1. The van der Waals surface area contributed by atoms with Gasteiger partial charge < -0.3 is 9.80 Å². The molecule has 7 nitrogen and oxygen atoms in total. The number of para-hydroxylation sites is 1. The molecule has 0 saturated carbocycles. The minimum absolute atomic E-state index is 0.0860. The molecule has 178 valence electrons. The summed E-state index contributed by atoms with van der Waals surface area (Å²) in [6.07, 6.45) is 0. The summed E-state index contributed by atoms with van der Waals surface area (Å²) in [6, 6.07) is 13.8. The Morgan fingerprint density at radius 1 is 0.818 bits per heavy atom. The minimum Gasteiger partial charge on any atom is -0.369 e. The summed E-state index contributed by atoms with van der Waals surface area (Å²) in [6.45, 7) is 11.4. The second-order valence-electron chi connectivity index (χ2n) is 9.10. The van der Waals surface area contributed by atoms with Gasteiger partial charge in [-0.2, -0.15) is 4.31 Å². The van der Waals surface area contributed by atoms with Crippen LogP contribution in [0, 0.1) is 20.8 Å². The Kier molecular flexibility index (Phi) is 7.07. The Hall–Kier alpha value is -2.42. The van der Waals surface area contributed by atoms with Crippen LogP contribution in [0.15, 0.2) is 47.4 Å². The number of benzene rings is 2. The van der Waals surface area contributed by atoms with Gasteiger partial charge in [-0.1, -0.05) is 35.9 Å². The third kappa shape index (κ3) is 5.23. The van der Waals surface area contributed by atoms with Gasteiger partial charge in [-0.3, -0.25) is 9.69 Å². The van der Waals surface area contributed by atoms with Gasteiger partial charge in [0.1, 0.15) is 0 Å². The van der Waals surface area contributed by atoms with Gasteiger partial charge in [0, 0.05) is 58.0 Å². The molecule has 0 atom stereocenters. The minimum atomic E-state index is -3.54. The van der Waals surface area contributed by atoms with Crippen molar-refractivity contribution in [3.05, 3.63) is 59.2 Å². The highest BCUT2D eigenvalue weighted by Gasteiger charge is 2.31. The number of hydrogen-bond donors (Lipinski definition) is 0. The molecule has 0 aliphatic carbocycles. The molecule has 2 aromatic carbocycles. The average Bonchev–Trinajstić information content (AvgIpc) is 2.80. The molecule has 2 heterocycles. The zero-order chi connectivity index (χ0) is 23.6. The lowest BCUT2D eigenvalue weighted by Gasteiger charge is -2.38. The Balaban J connectivity index is 1.28. The van der Waals surface area contributed by atoms with Crippen LogP contribution in [0.3, 0.4) is 0 Å². The molecule has 0 bridgehead atoms. The number of piperazine rings is 2. The van der Waals surface area contributed by atoms with Gasteiger partial charge in [-0.15, -0.1) is 0 Å². The van der Waals surface area contributed by atoms with Crippen LogP contribution in [0.25, 0.3) is 0 Å². The number of nitrogens with zero attached hydrogens (tertiary/aromatic N) is 4. The van der Waals surface area contributed by atoms with Gasteiger partial charge >= 0.3 is 0 Å². The fourth-order valence-corrected chi connectivity index (χ4v) is 6.39. The quantitative estimate of drug-likeness (QED) is 0.671. The third-order valence-corrected chi connectivity index (χ3v) is 8.79. The summed E-state index contributed by atoms with van der Waals surface area (Å²) >= 11 is 0. The fraction of sp³-hybridized carbons (Fsp3) is 0.480. The van der Waals surface area contributed by atoms with E-state index in [0.29, 0.717) is 37.6 Å². The molecule has 0 radical (unpaired) electrons. The number of carbonyl (C=O) groups excluding carboxylic acids is 1. The second-order valence-corrected chi connectivity index (χ2v) is 11.0. The van der Waals surface area contributed by atoms with E-state index in [9.17, 15) is 13.2 Å². The third-order valence-electron chi connectivity index (χ3n) is 6.73. The molecule has 2 fully saturated rings. The Labute approximate surface area is 197 Å². The number of rotatable bonds is 5. The molecule has 0 spiro atoms. The van der Waals surface area contributed by atoms with Gasteiger partial charge in [-0.25, -0.2) is 8.42 Å². The lowest BCUT2D eigenvalue weighted by Crippen LogP contribution is -2.54. The molecule has 4 rings (SSSR count). The summed E-state index contributed by atoms with van der Waals surface area (Å²) < 4.78 is 27.7. The number of sulfonamides is 1. The average molecular weight is 471 g/mol. The molecule has 33 heavy (non-hydrogen) atoms. The maximum atomic E-state index is 13.1. The van der Waals surface area contributed by atoms with Gasteiger partial charge in [0.05, 0.1) is 11.4 Å². The van der Waals surface area contributed by atoms with Crippen LogP contribution < -0.4 is 4.90 Å². The summed E-state index contributed by atoms with van der Waals surface area (Å²) in [5, 5.41) is 0.